The highest BCUT2D eigenvalue weighted by atomic mass is 35.5. The summed E-state index contributed by atoms with van der Waals surface area (Å²) in [6.07, 6.45) is 0. The number of methoxy groups -OCH3 is 1. The third-order valence-electron chi connectivity index (χ3n) is 4.84. The van der Waals surface area contributed by atoms with Gasteiger partial charge in [0.15, 0.2) is 0 Å². The predicted molar refractivity (Wildman–Crippen MR) is 110 cm³/mol. The Labute approximate surface area is 166 Å². The van der Waals surface area contributed by atoms with E-state index in [1.54, 1.807) is 7.11 Å². The van der Waals surface area contributed by atoms with Gasteiger partial charge in [0.1, 0.15) is 0 Å². The number of halogens is 1. The number of rotatable bonds is 8. The molecule has 0 aliphatic carbocycles. The lowest BCUT2D eigenvalue weighted by Crippen LogP contribution is -2.15. The smallest absolute Gasteiger partial charge is 0.0716 e. The highest BCUT2D eigenvalue weighted by Gasteiger charge is 2.12. The zero-order valence-corrected chi connectivity index (χ0v) is 16.9. The molecule has 4 nitrogen and oxygen atoms in total. The van der Waals surface area contributed by atoms with E-state index < -0.39 is 0 Å². The lowest BCUT2D eigenvalue weighted by atomic mass is 10.1. The van der Waals surface area contributed by atoms with Crippen LogP contribution in [0.3, 0.4) is 0 Å². The van der Waals surface area contributed by atoms with Crippen LogP contribution in [0.2, 0.25) is 5.02 Å². The third-order valence-corrected chi connectivity index (χ3v) is 5.21. The number of hydrogen-bond acceptors (Lipinski definition) is 3. The van der Waals surface area contributed by atoms with Gasteiger partial charge in [-0.2, -0.15) is 5.10 Å². The molecular weight excluding hydrogens is 358 g/mol. The number of hydrogen-bond donors (Lipinski definition) is 1. The monoisotopic (exact) mass is 383 g/mol. The van der Waals surface area contributed by atoms with E-state index in [0.717, 1.165) is 29.4 Å². The lowest BCUT2D eigenvalue weighted by Gasteiger charge is -2.11. The number of nitrogens with zero attached hydrogens (tertiary/aromatic N) is 2. The van der Waals surface area contributed by atoms with E-state index in [2.05, 4.69) is 37.4 Å². The van der Waals surface area contributed by atoms with E-state index >= 15 is 0 Å². The Bertz CT molecular complexity index is 904. The molecule has 0 unspecified atom stereocenters. The Balaban J connectivity index is 1.68. The van der Waals surface area contributed by atoms with Gasteiger partial charge < -0.3 is 10.1 Å². The number of aryl methyl sites for hydroxylation is 1. The molecule has 0 aliphatic heterocycles. The van der Waals surface area contributed by atoms with Crippen molar-refractivity contribution in [3.05, 3.63) is 87.2 Å². The molecule has 0 amide bonds. The van der Waals surface area contributed by atoms with Crippen molar-refractivity contribution in [1.29, 1.82) is 0 Å². The Hall–Kier alpha value is -2.14. The summed E-state index contributed by atoms with van der Waals surface area (Å²) in [6.45, 7) is 7.07. The Morgan fingerprint density at radius 2 is 1.63 bits per heavy atom. The summed E-state index contributed by atoms with van der Waals surface area (Å²) in [6, 6.07) is 16.3. The average molecular weight is 384 g/mol. The summed E-state index contributed by atoms with van der Waals surface area (Å²) in [4.78, 5) is 0. The fourth-order valence-electron chi connectivity index (χ4n) is 3.28. The molecule has 0 saturated heterocycles. The molecule has 0 radical (unpaired) electrons. The normalized spacial score (nSPS) is 11.1. The minimum absolute atomic E-state index is 0.631. The first-order valence-corrected chi connectivity index (χ1v) is 9.50. The van der Waals surface area contributed by atoms with Crippen molar-refractivity contribution < 1.29 is 4.74 Å². The van der Waals surface area contributed by atoms with E-state index in [1.165, 1.54) is 22.4 Å². The summed E-state index contributed by atoms with van der Waals surface area (Å²) in [5.74, 6) is 0. The van der Waals surface area contributed by atoms with Crippen LogP contribution in [-0.2, 0) is 31.0 Å². The molecule has 1 heterocycles. The standard InChI is InChI=1S/C22H26ClN3O/c1-16-21(13-24-12-18-8-4-5-10-20(18)15-27-3)17(2)26(25-16)14-19-9-6-7-11-22(19)23/h4-11,24H,12-15H2,1-3H3. The maximum Gasteiger partial charge on any atom is 0.0716 e. The predicted octanol–water partition coefficient (Wildman–Crippen LogP) is 4.64. The van der Waals surface area contributed by atoms with Crippen LogP contribution in [0, 0.1) is 13.8 Å². The van der Waals surface area contributed by atoms with Gasteiger partial charge in [-0.25, -0.2) is 0 Å². The van der Waals surface area contributed by atoms with Gasteiger partial charge >= 0.3 is 0 Å². The molecule has 0 spiro atoms. The molecule has 0 saturated carbocycles. The van der Waals surface area contributed by atoms with Gasteiger partial charge in [0.25, 0.3) is 0 Å². The van der Waals surface area contributed by atoms with Crippen molar-refractivity contribution in [2.24, 2.45) is 0 Å². The quantitative estimate of drug-likeness (QED) is 0.616. The van der Waals surface area contributed by atoms with E-state index in [-0.39, 0.29) is 0 Å². The molecule has 2 aromatic carbocycles. The molecule has 3 aromatic rings. The summed E-state index contributed by atoms with van der Waals surface area (Å²) in [5.41, 5.74) is 7.03. The summed E-state index contributed by atoms with van der Waals surface area (Å²) in [5, 5.41) is 9.05. The Morgan fingerprint density at radius 3 is 2.33 bits per heavy atom. The van der Waals surface area contributed by atoms with Crippen molar-refractivity contribution in [2.75, 3.05) is 7.11 Å². The second kappa shape index (κ2) is 9.18. The van der Waals surface area contributed by atoms with Crippen LogP contribution in [0.25, 0.3) is 0 Å². The molecule has 0 bridgehead atoms. The van der Waals surface area contributed by atoms with Crippen LogP contribution in [0.15, 0.2) is 48.5 Å². The van der Waals surface area contributed by atoms with E-state index in [0.29, 0.717) is 13.2 Å². The second-order valence-electron chi connectivity index (χ2n) is 6.70. The lowest BCUT2D eigenvalue weighted by molar-refractivity contribution is 0.184. The van der Waals surface area contributed by atoms with Crippen molar-refractivity contribution in [3.63, 3.8) is 0 Å². The van der Waals surface area contributed by atoms with Crippen LogP contribution in [0.5, 0.6) is 0 Å². The highest BCUT2D eigenvalue weighted by Crippen LogP contribution is 2.19. The molecule has 3 rings (SSSR count). The van der Waals surface area contributed by atoms with Crippen LogP contribution in [0.1, 0.15) is 33.6 Å². The SMILES string of the molecule is COCc1ccccc1CNCc1c(C)nn(Cc2ccccc2Cl)c1C. The minimum Gasteiger partial charge on any atom is -0.380 e. The van der Waals surface area contributed by atoms with E-state index in [4.69, 9.17) is 21.4 Å². The Morgan fingerprint density at radius 1 is 0.963 bits per heavy atom. The van der Waals surface area contributed by atoms with Gasteiger partial charge in [0.2, 0.25) is 0 Å². The zero-order chi connectivity index (χ0) is 19.2. The van der Waals surface area contributed by atoms with Gasteiger partial charge in [0, 0.05) is 36.5 Å². The molecule has 0 fully saturated rings. The van der Waals surface area contributed by atoms with Gasteiger partial charge in [-0.15, -0.1) is 0 Å². The molecular formula is C22H26ClN3O. The van der Waals surface area contributed by atoms with Gasteiger partial charge in [0.05, 0.1) is 18.8 Å². The molecule has 5 heteroatoms. The molecule has 1 N–H and O–H groups in total. The molecule has 1 aromatic heterocycles. The zero-order valence-electron chi connectivity index (χ0n) is 16.1. The van der Waals surface area contributed by atoms with Crippen LogP contribution in [-0.4, -0.2) is 16.9 Å². The third kappa shape index (κ3) is 4.78. The fourth-order valence-corrected chi connectivity index (χ4v) is 3.48. The molecule has 142 valence electrons. The molecule has 0 aliphatic rings. The van der Waals surface area contributed by atoms with Crippen molar-refractivity contribution >= 4 is 11.6 Å². The fraction of sp³-hybridized carbons (Fsp3) is 0.318. The molecule has 27 heavy (non-hydrogen) atoms. The van der Waals surface area contributed by atoms with Crippen LogP contribution < -0.4 is 5.32 Å². The summed E-state index contributed by atoms with van der Waals surface area (Å²) in [7, 11) is 1.73. The maximum absolute atomic E-state index is 6.30. The van der Waals surface area contributed by atoms with Crippen molar-refractivity contribution in [3.8, 4) is 0 Å². The molecule has 0 atom stereocenters. The van der Waals surface area contributed by atoms with Crippen LogP contribution >= 0.6 is 11.6 Å². The largest absolute Gasteiger partial charge is 0.380 e. The van der Waals surface area contributed by atoms with Crippen LogP contribution in [0.4, 0.5) is 0 Å². The van der Waals surface area contributed by atoms with E-state index in [9.17, 15) is 0 Å². The van der Waals surface area contributed by atoms with E-state index in [1.807, 2.05) is 35.0 Å². The first kappa shape index (κ1) is 19.6. The second-order valence-corrected chi connectivity index (χ2v) is 7.11. The Kier molecular flexibility index (Phi) is 6.67. The first-order valence-electron chi connectivity index (χ1n) is 9.13. The summed E-state index contributed by atoms with van der Waals surface area (Å²) < 4.78 is 7.32. The topological polar surface area (TPSA) is 39.1 Å². The minimum atomic E-state index is 0.631. The van der Waals surface area contributed by atoms with Gasteiger partial charge in [-0.1, -0.05) is 54.1 Å². The number of ether oxygens (including phenoxy) is 1. The first-order chi connectivity index (χ1) is 13.1. The van der Waals surface area contributed by atoms with Crippen molar-refractivity contribution in [1.82, 2.24) is 15.1 Å². The number of benzene rings is 2. The highest BCUT2D eigenvalue weighted by molar-refractivity contribution is 6.31. The number of aromatic nitrogens is 2. The summed E-state index contributed by atoms with van der Waals surface area (Å²) >= 11 is 6.30. The number of nitrogens with one attached hydrogen (secondary N) is 1. The van der Waals surface area contributed by atoms with Gasteiger partial charge in [-0.3, -0.25) is 4.68 Å². The average Bonchev–Trinajstić information content (AvgIpc) is 2.92. The van der Waals surface area contributed by atoms with Crippen molar-refractivity contribution in [2.45, 2.75) is 40.1 Å². The van der Waals surface area contributed by atoms with Gasteiger partial charge in [-0.05, 0) is 36.6 Å². The maximum atomic E-state index is 6.30.